The first-order chi connectivity index (χ1) is 11.1. The van der Waals surface area contributed by atoms with Crippen molar-refractivity contribution in [1.82, 2.24) is 4.57 Å². The zero-order valence-corrected chi connectivity index (χ0v) is 13.5. The van der Waals surface area contributed by atoms with Crippen LogP contribution in [0.4, 0.5) is 0 Å². The van der Waals surface area contributed by atoms with Crippen LogP contribution in [0.5, 0.6) is 0 Å². The number of carbonyl (C=O) groups is 2. The summed E-state index contributed by atoms with van der Waals surface area (Å²) >= 11 is 1.36. The Morgan fingerprint density at radius 1 is 1.09 bits per heavy atom. The fourth-order valence-corrected chi connectivity index (χ4v) is 3.36. The van der Waals surface area contributed by atoms with Gasteiger partial charge in [0.25, 0.3) is 5.91 Å². The van der Waals surface area contributed by atoms with Gasteiger partial charge in [-0.15, -0.1) is 0 Å². The molecule has 0 spiro atoms. The highest BCUT2D eigenvalue weighted by Crippen LogP contribution is 2.21. The molecule has 0 saturated carbocycles. The van der Waals surface area contributed by atoms with Crippen LogP contribution in [0, 0.1) is 0 Å². The van der Waals surface area contributed by atoms with Crippen molar-refractivity contribution >= 4 is 33.4 Å². The van der Waals surface area contributed by atoms with Crippen molar-refractivity contribution in [1.29, 1.82) is 0 Å². The molecule has 1 heterocycles. The van der Waals surface area contributed by atoms with Gasteiger partial charge in [0.1, 0.15) is 0 Å². The number of fused-ring (bicyclic) bond motifs is 1. The van der Waals surface area contributed by atoms with E-state index >= 15 is 0 Å². The SMILES string of the molecule is COC(=O)c1cccc2sc(=NC(=O)c3ccccc3)n(C)c12. The molecule has 1 aromatic heterocycles. The molecule has 3 rings (SSSR count). The fourth-order valence-electron chi connectivity index (χ4n) is 2.32. The topological polar surface area (TPSA) is 60.7 Å². The Morgan fingerprint density at radius 2 is 1.83 bits per heavy atom. The lowest BCUT2D eigenvalue weighted by Crippen LogP contribution is -2.15. The normalized spacial score (nSPS) is 11.7. The molecule has 0 aliphatic carbocycles. The zero-order valence-electron chi connectivity index (χ0n) is 12.6. The van der Waals surface area contributed by atoms with Crippen LogP contribution < -0.4 is 4.80 Å². The summed E-state index contributed by atoms with van der Waals surface area (Å²) in [6.07, 6.45) is 0. The Balaban J connectivity index is 2.17. The molecule has 0 radical (unpaired) electrons. The molecular weight excluding hydrogens is 312 g/mol. The number of methoxy groups -OCH3 is 1. The number of para-hydroxylation sites is 1. The molecule has 0 saturated heterocycles. The summed E-state index contributed by atoms with van der Waals surface area (Å²) in [4.78, 5) is 28.9. The van der Waals surface area contributed by atoms with Gasteiger partial charge in [-0.1, -0.05) is 35.6 Å². The van der Waals surface area contributed by atoms with Gasteiger partial charge in [-0.2, -0.15) is 4.99 Å². The number of hydrogen-bond acceptors (Lipinski definition) is 4. The summed E-state index contributed by atoms with van der Waals surface area (Å²) in [6, 6.07) is 14.2. The van der Waals surface area contributed by atoms with Crippen LogP contribution in [0.15, 0.2) is 53.5 Å². The number of hydrogen-bond donors (Lipinski definition) is 0. The van der Waals surface area contributed by atoms with Gasteiger partial charge in [0.2, 0.25) is 0 Å². The third-order valence-electron chi connectivity index (χ3n) is 3.45. The van der Waals surface area contributed by atoms with Gasteiger partial charge in [0.05, 0.1) is 22.9 Å². The molecule has 1 amide bonds. The van der Waals surface area contributed by atoms with E-state index in [9.17, 15) is 9.59 Å². The Morgan fingerprint density at radius 3 is 2.52 bits per heavy atom. The van der Waals surface area contributed by atoms with Crippen molar-refractivity contribution in [2.75, 3.05) is 7.11 Å². The second kappa shape index (κ2) is 6.18. The van der Waals surface area contributed by atoms with E-state index in [0.717, 1.165) is 4.70 Å². The summed E-state index contributed by atoms with van der Waals surface area (Å²) < 4.78 is 7.43. The molecule has 23 heavy (non-hydrogen) atoms. The van der Waals surface area contributed by atoms with E-state index in [2.05, 4.69) is 4.99 Å². The summed E-state index contributed by atoms with van der Waals surface area (Å²) in [5.41, 5.74) is 1.69. The molecule has 116 valence electrons. The number of ether oxygens (including phenoxy) is 1. The van der Waals surface area contributed by atoms with Crippen molar-refractivity contribution < 1.29 is 14.3 Å². The van der Waals surface area contributed by atoms with Gasteiger partial charge < -0.3 is 9.30 Å². The van der Waals surface area contributed by atoms with Crippen molar-refractivity contribution in [2.24, 2.45) is 12.0 Å². The molecule has 0 bridgehead atoms. The van der Waals surface area contributed by atoms with E-state index in [1.165, 1.54) is 18.4 Å². The monoisotopic (exact) mass is 326 g/mol. The van der Waals surface area contributed by atoms with Crippen LogP contribution in [0.1, 0.15) is 20.7 Å². The minimum absolute atomic E-state index is 0.313. The number of thiazole rings is 1. The summed E-state index contributed by atoms with van der Waals surface area (Å²) in [5, 5.41) is 0. The largest absolute Gasteiger partial charge is 0.465 e. The van der Waals surface area contributed by atoms with Gasteiger partial charge in [0, 0.05) is 12.6 Å². The lowest BCUT2D eigenvalue weighted by atomic mass is 10.2. The van der Waals surface area contributed by atoms with Gasteiger partial charge >= 0.3 is 5.97 Å². The quantitative estimate of drug-likeness (QED) is 0.680. The van der Waals surface area contributed by atoms with Gasteiger partial charge in [0.15, 0.2) is 4.80 Å². The van der Waals surface area contributed by atoms with Gasteiger partial charge in [-0.25, -0.2) is 4.79 Å². The van der Waals surface area contributed by atoms with Crippen molar-refractivity contribution in [3.8, 4) is 0 Å². The molecule has 5 nitrogen and oxygen atoms in total. The second-order valence-electron chi connectivity index (χ2n) is 4.87. The van der Waals surface area contributed by atoms with E-state index in [1.54, 1.807) is 48.0 Å². The first kappa shape index (κ1) is 15.2. The lowest BCUT2D eigenvalue weighted by Gasteiger charge is -2.03. The predicted molar refractivity (Wildman–Crippen MR) is 88.5 cm³/mol. The molecule has 0 aliphatic heterocycles. The van der Waals surface area contributed by atoms with Crippen molar-refractivity contribution in [2.45, 2.75) is 0 Å². The zero-order chi connectivity index (χ0) is 16.4. The van der Waals surface area contributed by atoms with E-state index in [1.807, 2.05) is 12.1 Å². The summed E-state index contributed by atoms with van der Waals surface area (Å²) in [6.45, 7) is 0. The molecule has 0 unspecified atom stereocenters. The van der Waals surface area contributed by atoms with Crippen LogP contribution in [-0.2, 0) is 11.8 Å². The number of aromatic nitrogens is 1. The fraction of sp³-hybridized carbons (Fsp3) is 0.118. The molecule has 6 heteroatoms. The van der Waals surface area contributed by atoms with E-state index in [0.29, 0.717) is 21.4 Å². The average molecular weight is 326 g/mol. The van der Waals surface area contributed by atoms with Crippen molar-refractivity contribution in [3.05, 3.63) is 64.5 Å². The van der Waals surface area contributed by atoms with Crippen LogP contribution in [0.3, 0.4) is 0 Å². The minimum atomic E-state index is -0.412. The highest BCUT2D eigenvalue weighted by atomic mass is 32.1. The molecule has 3 aromatic rings. The number of carbonyl (C=O) groups excluding carboxylic acids is 2. The molecule has 2 aromatic carbocycles. The first-order valence-electron chi connectivity index (χ1n) is 6.93. The number of esters is 1. The van der Waals surface area contributed by atoms with Crippen LogP contribution in [-0.4, -0.2) is 23.6 Å². The van der Waals surface area contributed by atoms with Crippen molar-refractivity contribution in [3.63, 3.8) is 0 Å². The standard InChI is InChI=1S/C17H14N2O3S/c1-19-14-12(16(21)22-2)9-6-10-13(14)23-17(19)18-15(20)11-7-4-3-5-8-11/h3-10H,1-2H3. The van der Waals surface area contributed by atoms with E-state index in [-0.39, 0.29) is 5.91 Å². The Kier molecular flexibility index (Phi) is 4.08. The maximum Gasteiger partial charge on any atom is 0.340 e. The maximum absolute atomic E-state index is 12.3. The molecular formula is C17H14N2O3S. The average Bonchev–Trinajstić information content (AvgIpc) is 2.91. The molecule has 0 aliphatic rings. The number of aryl methyl sites for hydroxylation is 1. The number of benzene rings is 2. The Hall–Kier alpha value is -2.73. The third kappa shape index (κ3) is 2.80. The summed E-state index contributed by atoms with van der Waals surface area (Å²) in [7, 11) is 3.13. The summed E-state index contributed by atoms with van der Waals surface area (Å²) in [5.74, 6) is -0.725. The number of nitrogens with zero attached hydrogens (tertiary/aromatic N) is 2. The number of rotatable bonds is 2. The maximum atomic E-state index is 12.3. The predicted octanol–water partition coefficient (Wildman–Crippen LogP) is 2.77. The van der Waals surface area contributed by atoms with E-state index in [4.69, 9.17) is 4.74 Å². The third-order valence-corrected chi connectivity index (χ3v) is 4.54. The lowest BCUT2D eigenvalue weighted by molar-refractivity contribution is 0.0602. The Labute approximate surface area is 136 Å². The number of amides is 1. The Bertz CT molecular complexity index is 955. The molecule has 0 N–H and O–H groups in total. The van der Waals surface area contributed by atoms with E-state index < -0.39 is 5.97 Å². The smallest absolute Gasteiger partial charge is 0.340 e. The first-order valence-corrected chi connectivity index (χ1v) is 7.74. The van der Waals surface area contributed by atoms with Gasteiger partial charge in [-0.05, 0) is 24.3 Å². The van der Waals surface area contributed by atoms with Crippen LogP contribution in [0.2, 0.25) is 0 Å². The van der Waals surface area contributed by atoms with Crippen LogP contribution >= 0.6 is 11.3 Å². The van der Waals surface area contributed by atoms with Crippen LogP contribution in [0.25, 0.3) is 10.2 Å². The highest BCUT2D eigenvalue weighted by Gasteiger charge is 2.15. The highest BCUT2D eigenvalue weighted by molar-refractivity contribution is 7.16. The second-order valence-corrected chi connectivity index (χ2v) is 5.88. The van der Waals surface area contributed by atoms with Gasteiger partial charge in [-0.3, -0.25) is 4.79 Å². The molecule has 0 fully saturated rings. The minimum Gasteiger partial charge on any atom is -0.465 e. The molecule has 0 atom stereocenters.